The molecule has 0 aliphatic carbocycles. The molecule has 4 nitrogen and oxygen atoms in total. The lowest BCUT2D eigenvalue weighted by Gasteiger charge is -2.44. The number of anilines is 3. The third-order valence-corrected chi connectivity index (χ3v) is 5.37. The molecule has 1 N–H and O–H groups in total. The number of aromatic nitrogens is 2. The maximum absolute atomic E-state index is 4.94. The van der Waals surface area contributed by atoms with E-state index in [-0.39, 0.29) is 11.5 Å². The van der Waals surface area contributed by atoms with Crippen molar-refractivity contribution in [1.29, 1.82) is 0 Å². The van der Waals surface area contributed by atoms with Gasteiger partial charge in [-0.05, 0) is 43.5 Å². The van der Waals surface area contributed by atoms with Crippen molar-refractivity contribution in [3.05, 3.63) is 77.6 Å². The highest BCUT2D eigenvalue weighted by Crippen LogP contribution is 2.35. The van der Waals surface area contributed by atoms with E-state index in [0.717, 1.165) is 36.1 Å². The fourth-order valence-corrected chi connectivity index (χ4v) is 3.80. The van der Waals surface area contributed by atoms with E-state index in [2.05, 4.69) is 80.4 Å². The van der Waals surface area contributed by atoms with E-state index in [1.54, 1.807) is 0 Å². The Balaban J connectivity index is 1.74. The van der Waals surface area contributed by atoms with Crippen molar-refractivity contribution in [1.82, 2.24) is 9.97 Å². The quantitative estimate of drug-likeness (QED) is 0.639. The first-order chi connectivity index (χ1) is 13.4. The summed E-state index contributed by atoms with van der Waals surface area (Å²) in [4.78, 5) is 12.1. The molecule has 3 aromatic rings. The highest BCUT2D eigenvalue weighted by Gasteiger charge is 2.34. The number of hydrogen-bond acceptors (Lipinski definition) is 4. The lowest BCUT2D eigenvalue weighted by Crippen LogP contribution is -2.49. The van der Waals surface area contributed by atoms with Crippen LogP contribution in [0, 0.1) is 0 Å². The molecular weight excluding hydrogens is 344 g/mol. The van der Waals surface area contributed by atoms with Crippen LogP contribution >= 0.6 is 0 Å². The summed E-state index contributed by atoms with van der Waals surface area (Å²) in [5, 5.41) is 3.45. The van der Waals surface area contributed by atoms with E-state index in [9.17, 15) is 0 Å². The second kappa shape index (κ2) is 7.27. The molecule has 0 bridgehead atoms. The number of hydrogen-bond donors (Lipinski definition) is 1. The topological polar surface area (TPSA) is 41.1 Å². The van der Waals surface area contributed by atoms with Crippen LogP contribution in [0.4, 0.5) is 17.3 Å². The van der Waals surface area contributed by atoms with Gasteiger partial charge in [-0.3, -0.25) is 0 Å². The molecule has 144 valence electrons. The Kier molecular flexibility index (Phi) is 4.80. The Labute approximate surface area is 167 Å². The largest absolute Gasteiger partial charge is 0.347 e. The monoisotopic (exact) mass is 372 g/mol. The second-order valence-corrected chi connectivity index (χ2v) is 8.46. The van der Waals surface area contributed by atoms with Crippen LogP contribution in [0.25, 0.3) is 0 Å². The highest BCUT2D eigenvalue weighted by atomic mass is 15.3. The van der Waals surface area contributed by atoms with E-state index < -0.39 is 0 Å². The molecular formula is C24H28N4. The summed E-state index contributed by atoms with van der Waals surface area (Å²) in [5.41, 5.74) is 3.83. The van der Waals surface area contributed by atoms with Gasteiger partial charge in [-0.2, -0.15) is 0 Å². The van der Waals surface area contributed by atoms with Crippen LogP contribution in [0.2, 0.25) is 0 Å². The number of nitrogens with zero attached hydrogens (tertiary/aromatic N) is 3. The lowest BCUT2D eigenvalue weighted by molar-refractivity contribution is 0.426. The minimum absolute atomic E-state index is 0.0129. The zero-order valence-corrected chi connectivity index (χ0v) is 17.1. The van der Waals surface area contributed by atoms with Crippen molar-refractivity contribution in [2.24, 2.45) is 0 Å². The third kappa shape index (κ3) is 3.72. The van der Waals surface area contributed by atoms with Gasteiger partial charge in [0.05, 0.1) is 0 Å². The first-order valence-electron chi connectivity index (χ1n) is 9.98. The van der Waals surface area contributed by atoms with Gasteiger partial charge in [0.1, 0.15) is 17.5 Å². The summed E-state index contributed by atoms with van der Waals surface area (Å²) in [5.74, 6) is 2.95. The van der Waals surface area contributed by atoms with Gasteiger partial charge in [-0.15, -0.1) is 0 Å². The molecule has 4 heteroatoms. The van der Waals surface area contributed by atoms with Crippen molar-refractivity contribution in [2.45, 2.75) is 52.1 Å². The van der Waals surface area contributed by atoms with Gasteiger partial charge < -0.3 is 10.2 Å². The predicted molar refractivity (Wildman–Crippen MR) is 116 cm³/mol. The van der Waals surface area contributed by atoms with Crippen LogP contribution in [-0.4, -0.2) is 15.5 Å². The Hall–Kier alpha value is -2.88. The maximum Gasteiger partial charge on any atom is 0.136 e. The fraction of sp³-hybridized carbons (Fsp3) is 0.333. The molecule has 0 amide bonds. The molecule has 1 aromatic heterocycles. The van der Waals surface area contributed by atoms with Gasteiger partial charge in [0.15, 0.2) is 0 Å². The molecule has 0 saturated heterocycles. The van der Waals surface area contributed by atoms with Crippen LogP contribution < -0.4 is 10.2 Å². The van der Waals surface area contributed by atoms with Crippen molar-refractivity contribution >= 4 is 17.3 Å². The van der Waals surface area contributed by atoms with E-state index in [4.69, 9.17) is 9.97 Å². The normalized spacial score (nSPS) is 15.4. The standard InChI is InChI=1S/C24H28N4/c1-17(2)23-26-21(25-20-12-6-5-7-13-20)14-22(27-23)28-16-19-11-9-8-10-18(19)15-24(28,3)4/h5-14,17H,15-16H2,1-4H3,(H,25,26,27). The summed E-state index contributed by atoms with van der Waals surface area (Å²) >= 11 is 0. The third-order valence-electron chi connectivity index (χ3n) is 5.37. The maximum atomic E-state index is 4.94. The van der Waals surface area contributed by atoms with Crippen LogP contribution in [0.3, 0.4) is 0 Å². The molecule has 28 heavy (non-hydrogen) atoms. The number of para-hydroxylation sites is 1. The molecule has 0 unspecified atom stereocenters. The Bertz CT molecular complexity index is 963. The summed E-state index contributed by atoms with van der Waals surface area (Å²) in [6.07, 6.45) is 1.01. The molecule has 0 atom stereocenters. The minimum atomic E-state index is -0.0129. The summed E-state index contributed by atoms with van der Waals surface area (Å²) in [7, 11) is 0. The van der Waals surface area contributed by atoms with Gasteiger partial charge in [0.2, 0.25) is 0 Å². The zero-order chi connectivity index (χ0) is 19.7. The van der Waals surface area contributed by atoms with Crippen molar-refractivity contribution in [3.8, 4) is 0 Å². The van der Waals surface area contributed by atoms with Crippen LogP contribution in [0.1, 0.15) is 50.6 Å². The molecule has 2 aromatic carbocycles. The molecule has 4 rings (SSSR count). The SMILES string of the molecule is CC(C)c1nc(Nc2ccccc2)cc(N2Cc3ccccc3CC2(C)C)n1. The zero-order valence-electron chi connectivity index (χ0n) is 17.1. The van der Waals surface area contributed by atoms with Crippen molar-refractivity contribution < 1.29 is 0 Å². The molecule has 0 spiro atoms. The lowest BCUT2D eigenvalue weighted by atomic mass is 9.85. The van der Waals surface area contributed by atoms with Crippen LogP contribution in [0.5, 0.6) is 0 Å². The van der Waals surface area contributed by atoms with E-state index >= 15 is 0 Å². The molecule has 1 aliphatic heterocycles. The van der Waals surface area contributed by atoms with Crippen LogP contribution in [-0.2, 0) is 13.0 Å². The van der Waals surface area contributed by atoms with E-state index in [0.29, 0.717) is 0 Å². The Morgan fingerprint density at radius 3 is 2.32 bits per heavy atom. The van der Waals surface area contributed by atoms with Crippen molar-refractivity contribution in [3.63, 3.8) is 0 Å². The summed E-state index contributed by atoms with van der Waals surface area (Å²) < 4.78 is 0. The molecule has 0 saturated carbocycles. The molecule has 1 aliphatic rings. The smallest absolute Gasteiger partial charge is 0.136 e. The summed E-state index contributed by atoms with van der Waals surface area (Å²) in [6.45, 7) is 9.74. The highest BCUT2D eigenvalue weighted by molar-refractivity contribution is 5.61. The number of nitrogens with one attached hydrogen (secondary N) is 1. The number of benzene rings is 2. The average molecular weight is 373 g/mol. The Morgan fingerprint density at radius 2 is 1.61 bits per heavy atom. The second-order valence-electron chi connectivity index (χ2n) is 8.46. The number of rotatable bonds is 4. The first kappa shape index (κ1) is 18.5. The molecule has 2 heterocycles. The predicted octanol–water partition coefficient (Wildman–Crippen LogP) is 5.68. The first-order valence-corrected chi connectivity index (χ1v) is 9.98. The fourth-order valence-electron chi connectivity index (χ4n) is 3.80. The van der Waals surface area contributed by atoms with Gasteiger partial charge >= 0.3 is 0 Å². The van der Waals surface area contributed by atoms with Gasteiger partial charge in [-0.25, -0.2) is 9.97 Å². The van der Waals surface area contributed by atoms with Gasteiger partial charge in [0, 0.05) is 29.8 Å². The van der Waals surface area contributed by atoms with E-state index in [1.807, 2.05) is 18.2 Å². The van der Waals surface area contributed by atoms with Crippen molar-refractivity contribution in [2.75, 3.05) is 10.2 Å². The molecule has 0 radical (unpaired) electrons. The van der Waals surface area contributed by atoms with E-state index in [1.165, 1.54) is 11.1 Å². The minimum Gasteiger partial charge on any atom is -0.347 e. The summed E-state index contributed by atoms with van der Waals surface area (Å²) in [6, 6.07) is 21.0. The number of fused-ring (bicyclic) bond motifs is 1. The van der Waals surface area contributed by atoms with Gasteiger partial charge in [-0.1, -0.05) is 56.3 Å². The Morgan fingerprint density at radius 1 is 0.929 bits per heavy atom. The average Bonchev–Trinajstić information content (AvgIpc) is 2.67. The van der Waals surface area contributed by atoms with Crippen LogP contribution in [0.15, 0.2) is 60.7 Å². The van der Waals surface area contributed by atoms with Gasteiger partial charge in [0.25, 0.3) is 0 Å². The molecule has 0 fully saturated rings.